The highest BCUT2D eigenvalue weighted by atomic mass is 31.1. The maximum absolute atomic E-state index is 12.8. The molecule has 0 spiro atoms. The minimum Gasteiger partial charge on any atom is -0.478 e. The zero-order valence-corrected chi connectivity index (χ0v) is 16.5. The fourth-order valence-corrected chi connectivity index (χ4v) is 4.19. The molecule has 3 aromatic rings. The van der Waals surface area contributed by atoms with E-state index in [0.717, 1.165) is 22.3 Å². The maximum Gasteiger partial charge on any atom is 0.407 e. The van der Waals surface area contributed by atoms with Crippen molar-refractivity contribution in [1.29, 1.82) is 0 Å². The number of carboxylic acids is 2. The molecular weight excluding hydrogens is 387 g/mol. The van der Waals surface area contributed by atoms with Gasteiger partial charge in [0.05, 0.1) is 11.1 Å². The molecule has 3 aromatic carbocycles. The molecule has 0 radical (unpaired) electrons. The van der Waals surface area contributed by atoms with Crippen LogP contribution in [0.1, 0.15) is 27.6 Å². The summed E-state index contributed by atoms with van der Waals surface area (Å²) in [6.45, 7) is 1.79. The summed E-state index contributed by atoms with van der Waals surface area (Å²) in [5.74, 6) is -0.405. The zero-order valence-electron chi connectivity index (χ0n) is 15.6. The minimum absolute atomic E-state index is 0.163. The van der Waals surface area contributed by atoms with Crippen molar-refractivity contribution >= 4 is 25.0 Å². The van der Waals surface area contributed by atoms with E-state index in [2.05, 4.69) is 0 Å². The van der Waals surface area contributed by atoms with Crippen molar-refractivity contribution < 1.29 is 24.4 Å². The molecule has 0 aromatic heterocycles. The zero-order chi connectivity index (χ0) is 21.0. The van der Waals surface area contributed by atoms with Gasteiger partial charge in [0.25, 0.3) is 0 Å². The van der Waals surface area contributed by atoms with E-state index in [4.69, 9.17) is 10.2 Å². The van der Waals surface area contributed by atoms with Gasteiger partial charge in [-0.25, -0.2) is 9.59 Å². The van der Waals surface area contributed by atoms with Crippen molar-refractivity contribution in [3.8, 4) is 22.3 Å². The first kappa shape index (κ1) is 20.2. The third-order valence-corrected chi connectivity index (χ3v) is 5.84. The number of rotatable bonds is 6. The van der Waals surface area contributed by atoms with E-state index in [1.807, 2.05) is 12.1 Å². The molecule has 0 aliphatic rings. The van der Waals surface area contributed by atoms with Gasteiger partial charge in [0.1, 0.15) is 0 Å². The molecule has 0 aliphatic heterocycles. The summed E-state index contributed by atoms with van der Waals surface area (Å²) >= 11 is 0. The second-order valence-corrected chi connectivity index (χ2v) is 7.70. The molecule has 5 nitrogen and oxygen atoms in total. The Bertz CT molecular complexity index is 1110. The summed E-state index contributed by atoms with van der Waals surface area (Å²) in [5, 5.41) is 18.9. The molecule has 0 amide bonds. The number of benzene rings is 3. The molecule has 3 rings (SSSR count). The van der Waals surface area contributed by atoms with Gasteiger partial charge >= 0.3 is 19.7 Å². The van der Waals surface area contributed by atoms with Gasteiger partial charge in [-0.1, -0.05) is 41.0 Å². The number of hydrogen-bond donors (Lipinski definition) is 2. The van der Waals surface area contributed by atoms with Gasteiger partial charge in [0.15, 0.2) is 5.82 Å². The Kier molecular flexibility index (Phi) is 6.01. The predicted octanol–water partition coefficient (Wildman–Crippen LogP) is 5.40. The van der Waals surface area contributed by atoms with E-state index in [0.29, 0.717) is 5.30 Å². The Labute approximate surface area is 168 Å². The summed E-state index contributed by atoms with van der Waals surface area (Å²) in [6, 6.07) is 18.3. The highest BCUT2D eigenvalue weighted by Gasteiger charge is 2.25. The third-order valence-electron chi connectivity index (χ3n) is 4.43. The molecule has 0 saturated carbocycles. The minimum atomic E-state index is -1.80. The molecule has 1 atom stereocenters. The largest absolute Gasteiger partial charge is 0.478 e. The van der Waals surface area contributed by atoms with Crippen molar-refractivity contribution in [2.24, 2.45) is 0 Å². The molecule has 0 bridgehead atoms. The van der Waals surface area contributed by atoms with E-state index in [1.54, 1.807) is 49.1 Å². The van der Waals surface area contributed by atoms with E-state index in [-0.39, 0.29) is 11.1 Å². The molecular formula is C23H18O5P+. The molecule has 0 aliphatic carbocycles. The number of carboxylic acid groups (broad SMARTS) is 2. The van der Waals surface area contributed by atoms with Gasteiger partial charge in [0, 0.05) is 5.56 Å². The Morgan fingerprint density at radius 2 is 1.31 bits per heavy atom. The lowest BCUT2D eigenvalue weighted by Gasteiger charge is -2.11. The molecule has 0 heterocycles. The van der Waals surface area contributed by atoms with Crippen molar-refractivity contribution in [1.82, 2.24) is 0 Å². The Balaban J connectivity index is 2.23. The van der Waals surface area contributed by atoms with Crippen LogP contribution in [-0.4, -0.2) is 22.2 Å². The number of hydrogen-bond acceptors (Lipinski definition) is 3. The average molecular weight is 405 g/mol. The van der Waals surface area contributed by atoms with Crippen LogP contribution in [0.5, 0.6) is 0 Å². The summed E-state index contributed by atoms with van der Waals surface area (Å²) in [4.78, 5) is 22.3. The van der Waals surface area contributed by atoms with Crippen LogP contribution in [0.15, 0.2) is 78.6 Å². The van der Waals surface area contributed by atoms with Crippen LogP contribution < -0.4 is 5.30 Å². The summed E-state index contributed by atoms with van der Waals surface area (Å²) in [5.41, 5.74) is 3.37. The van der Waals surface area contributed by atoms with E-state index < -0.39 is 19.7 Å². The van der Waals surface area contributed by atoms with E-state index in [1.165, 1.54) is 24.3 Å². The van der Waals surface area contributed by atoms with Gasteiger partial charge in [0.2, 0.25) is 5.30 Å². The summed E-state index contributed by atoms with van der Waals surface area (Å²) < 4.78 is 12.8. The lowest BCUT2D eigenvalue weighted by molar-refractivity contribution is 0.0686. The Hall–Kier alpha value is -3.56. The standard InChI is InChI=1S/C23H17O5P/c1-2-14-29(28)20-5-3-4-19(15-6-10-17(11-7-15)22(24)25)21(20)16-8-12-18(13-9-16)23(26)27/h2-14H,1H3,(H-,24,25,26,27)/p+1. The topological polar surface area (TPSA) is 91.7 Å². The molecule has 1 unspecified atom stereocenters. The molecule has 0 fully saturated rings. The monoisotopic (exact) mass is 405 g/mol. The molecule has 6 heteroatoms. The normalized spacial score (nSPS) is 11.4. The smallest absolute Gasteiger partial charge is 0.407 e. The molecule has 29 heavy (non-hydrogen) atoms. The van der Waals surface area contributed by atoms with Gasteiger partial charge < -0.3 is 10.2 Å². The van der Waals surface area contributed by atoms with Gasteiger partial charge in [-0.05, 0) is 60.0 Å². The second kappa shape index (κ2) is 8.63. The van der Waals surface area contributed by atoms with Crippen molar-refractivity contribution in [3.63, 3.8) is 0 Å². The van der Waals surface area contributed by atoms with Crippen molar-refractivity contribution in [2.75, 3.05) is 0 Å². The van der Waals surface area contributed by atoms with Crippen molar-refractivity contribution in [2.45, 2.75) is 6.92 Å². The van der Waals surface area contributed by atoms with E-state index in [9.17, 15) is 14.2 Å². The van der Waals surface area contributed by atoms with Gasteiger partial charge in [-0.2, -0.15) is 0 Å². The van der Waals surface area contributed by atoms with Gasteiger partial charge in [-0.3, -0.25) is 0 Å². The number of allylic oxidation sites excluding steroid dienone is 1. The molecule has 2 N–H and O–H groups in total. The number of aromatic carboxylic acids is 2. The van der Waals surface area contributed by atoms with Gasteiger partial charge in [-0.15, -0.1) is 0 Å². The van der Waals surface area contributed by atoms with Crippen LogP contribution in [0.3, 0.4) is 0 Å². The Morgan fingerprint density at radius 3 is 1.79 bits per heavy atom. The first-order chi connectivity index (χ1) is 13.9. The second-order valence-electron chi connectivity index (χ2n) is 6.27. The average Bonchev–Trinajstić information content (AvgIpc) is 2.73. The van der Waals surface area contributed by atoms with Crippen LogP contribution in [0.2, 0.25) is 0 Å². The quantitative estimate of drug-likeness (QED) is 0.536. The predicted molar refractivity (Wildman–Crippen MR) is 113 cm³/mol. The third kappa shape index (κ3) is 4.31. The summed E-state index contributed by atoms with van der Waals surface area (Å²) in [6.07, 6.45) is 1.73. The van der Waals surface area contributed by atoms with Crippen LogP contribution in [0.4, 0.5) is 0 Å². The van der Waals surface area contributed by atoms with Crippen LogP contribution >= 0.6 is 7.80 Å². The van der Waals surface area contributed by atoms with Crippen LogP contribution in [-0.2, 0) is 4.57 Å². The molecule has 0 saturated heterocycles. The Morgan fingerprint density at radius 1 is 0.793 bits per heavy atom. The summed E-state index contributed by atoms with van der Waals surface area (Å²) in [7, 11) is -1.80. The maximum atomic E-state index is 12.8. The van der Waals surface area contributed by atoms with Crippen LogP contribution in [0.25, 0.3) is 22.3 Å². The fourth-order valence-electron chi connectivity index (χ4n) is 3.06. The first-order valence-corrected chi connectivity index (χ1v) is 10.1. The lowest BCUT2D eigenvalue weighted by Crippen LogP contribution is -2.04. The highest BCUT2D eigenvalue weighted by molar-refractivity contribution is 7.57. The first-order valence-electron chi connectivity index (χ1n) is 8.82. The SMILES string of the molecule is CC=C[P+](=O)c1cccc(-c2ccc(C(=O)O)cc2)c1-c1ccc(C(=O)O)cc1. The van der Waals surface area contributed by atoms with Crippen LogP contribution in [0, 0.1) is 0 Å². The molecule has 144 valence electrons. The number of carbonyl (C=O) groups is 2. The lowest BCUT2D eigenvalue weighted by atomic mass is 9.93. The van der Waals surface area contributed by atoms with Crippen molar-refractivity contribution in [3.05, 3.63) is 89.8 Å². The van der Waals surface area contributed by atoms with E-state index >= 15 is 0 Å². The fraction of sp³-hybridized carbons (Fsp3) is 0.0435. The highest BCUT2D eigenvalue weighted by Crippen LogP contribution is 2.37.